The first-order valence-corrected chi connectivity index (χ1v) is 11.7. The second kappa shape index (κ2) is 7.85. The van der Waals surface area contributed by atoms with Crippen molar-refractivity contribution in [3.05, 3.63) is 53.4 Å². The SMILES string of the molecule is c1cnc(N2CCN(c3nc(-c4cccnc4)nc4sc5c(c34)CCCC5)CC2)nc1. The molecule has 1 fully saturated rings. The molecule has 8 heteroatoms. The van der Waals surface area contributed by atoms with Gasteiger partial charge in [0.2, 0.25) is 5.95 Å². The van der Waals surface area contributed by atoms with Gasteiger partial charge in [-0.1, -0.05) is 0 Å². The van der Waals surface area contributed by atoms with Crippen molar-refractivity contribution in [1.82, 2.24) is 24.9 Å². The molecule has 0 saturated carbocycles. The third-order valence-corrected chi connectivity index (χ3v) is 7.32. The van der Waals surface area contributed by atoms with E-state index in [0.29, 0.717) is 0 Å². The molecule has 6 rings (SSSR count). The Bertz CT molecular complexity index is 1200. The quantitative estimate of drug-likeness (QED) is 0.491. The van der Waals surface area contributed by atoms with E-state index in [1.54, 1.807) is 18.6 Å². The van der Waals surface area contributed by atoms with Gasteiger partial charge < -0.3 is 9.80 Å². The topological polar surface area (TPSA) is 70.9 Å². The Hall–Kier alpha value is -3.13. The fraction of sp³-hybridized carbons (Fsp3) is 0.348. The van der Waals surface area contributed by atoms with Crippen LogP contribution in [0, 0.1) is 0 Å². The molecule has 4 aromatic heterocycles. The highest BCUT2D eigenvalue weighted by atomic mass is 32.1. The van der Waals surface area contributed by atoms with Gasteiger partial charge in [0, 0.05) is 61.4 Å². The molecule has 0 radical (unpaired) electrons. The molecule has 0 aromatic carbocycles. The predicted octanol–water partition coefficient (Wildman–Crippen LogP) is 3.75. The molecule has 156 valence electrons. The Morgan fingerprint density at radius 2 is 1.65 bits per heavy atom. The maximum atomic E-state index is 5.10. The Morgan fingerprint density at radius 3 is 2.45 bits per heavy atom. The molecule has 0 bridgehead atoms. The predicted molar refractivity (Wildman–Crippen MR) is 124 cm³/mol. The van der Waals surface area contributed by atoms with E-state index < -0.39 is 0 Å². The fourth-order valence-electron chi connectivity index (χ4n) is 4.56. The first kappa shape index (κ1) is 18.6. The minimum absolute atomic E-state index is 0.767. The Morgan fingerprint density at radius 1 is 0.839 bits per heavy atom. The van der Waals surface area contributed by atoms with E-state index in [0.717, 1.165) is 67.0 Å². The van der Waals surface area contributed by atoms with Crippen LogP contribution in [0.2, 0.25) is 0 Å². The van der Waals surface area contributed by atoms with Gasteiger partial charge in [0.15, 0.2) is 5.82 Å². The lowest BCUT2D eigenvalue weighted by molar-refractivity contribution is 0.635. The zero-order valence-electron chi connectivity index (χ0n) is 17.2. The summed E-state index contributed by atoms with van der Waals surface area (Å²) >= 11 is 1.86. The van der Waals surface area contributed by atoms with Crippen LogP contribution < -0.4 is 9.80 Å². The molecular weight excluding hydrogens is 406 g/mol. The number of rotatable bonds is 3. The van der Waals surface area contributed by atoms with Crippen molar-refractivity contribution in [2.45, 2.75) is 25.7 Å². The van der Waals surface area contributed by atoms with Gasteiger partial charge in [0.25, 0.3) is 0 Å². The summed E-state index contributed by atoms with van der Waals surface area (Å²) in [5.41, 5.74) is 2.45. The first-order chi connectivity index (χ1) is 15.4. The van der Waals surface area contributed by atoms with Crippen LogP contribution in [0.1, 0.15) is 23.3 Å². The van der Waals surface area contributed by atoms with E-state index in [-0.39, 0.29) is 0 Å². The molecule has 2 aliphatic rings. The van der Waals surface area contributed by atoms with Crippen LogP contribution in [0.25, 0.3) is 21.6 Å². The number of hydrogen-bond donors (Lipinski definition) is 0. The Kier molecular flexibility index (Phi) is 4.71. The summed E-state index contributed by atoms with van der Waals surface area (Å²) in [4.78, 5) is 30.5. The number of aryl methyl sites for hydroxylation is 2. The molecule has 1 saturated heterocycles. The number of fused-ring (bicyclic) bond motifs is 3. The van der Waals surface area contributed by atoms with Crippen molar-refractivity contribution in [1.29, 1.82) is 0 Å². The van der Waals surface area contributed by atoms with E-state index in [9.17, 15) is 0 Å². The first-order valence-electron chi connectivity index (χ1n) is 10.9. The molecule has 0 N–H and O–H groups in total. The molecule has 0 spiro atoms. The highest BCUT2D eigenvalue weighted by Crippen LogP contribution is 2.41. The van der Waals surface area contributed by atoms with E-state index in [1.165, 1.54) is 28.7 Å². The lowest BCUT2D eigenvalue weighted by Crippen LogP contribution is -2.47. The molecule has 1 aliphatic heterocycles. The normalized spacial score (nSPS) is 16.5. The van der Waals surface area contributed by atoms with Gasteiger partial charge in [-0.2, -0.15) is 0 Å². The van der Waals surface area contributed by atoms with Crippen molar-refractivity contribution in [2.75, 3.05) is 36.0 Å². The summed E-state index contributed by atoms with van der Waals surface area (Å²) in [5.74, 6) is 2.65. The summed E-state index contributed by atoms with van der Waals surface area (Å²) in [7, 11) is 0. The van der Waals surface area contributed by atoms with Crippen molar-refractivity contribution in [3.63, 3.8) is 0 Å². The highest BCUT2D eigenvalue weighted by Gasteiger charge is 2.27. The fourth-order valence-corrected chi connectivity index (χ4v) is 5.82. The number of thiophene rings is 1. The van der Waals surface area contributed by atoms with Crippen molar-refractivity contribution in [2.24, 2.45) is 0 Å². The van der Waals surface area contributed by atoms with Crippen LogP contribution >= 0.6 is 11.3 Å². The lowest BCUT2D eigenvalue weighted by atomic mass is 9.96. The second-order valence-corrected chi connectivity index (χ2v) is 9.11. The van der Waals surface area contributed by atoms with Crippen LogP contribution in [0.4, 0.5) is 11.8 Å². The van der Waals surface area contributed by atoms with Crippen molar-refractivity contribution < 1.29 is 0 Å². The number of pyridine rings is 1. The van der Waals surface area contributed by atoms with Crippen LogP contribution in [0.3, 0.4) is 0 Å². The molecule has 1 aliphatic carbocycles. The maximum absolute atomic E-state index is 5.10. The second-order valence-electron chi connectivity index (χ2n) is 8.03. The zero-order valence-corrected chi connectivity index (χ0v) is 18.1. The summed E-state index contributed by atoms with van der Waals surface area (Å²) in [6.45, 7) is 3.54. The van der Waals surface area contributed by atoms with E-state index in [1.807, 2.05) is 35.7 Å². The average Bonchev–Trinajstić information content (AvgIpc) is 3.23. The molecule has 31 heavy (non-hydrogen) atoms. The van der Waals surface area contributed by atoms with Crippen LogP contribution in [-0.4, -0.2) is 51.1 Å². The van der Waals surface area contributed by atoms with Gasteiger partial charge in [-0.25, -0.2) is 19.9 Å². The number of hydrogen-bond acceptors (Lipinski definition) is 8. The number of anilines is 2. The summed E-state index contributed by atoms with van der Waals surface area (Å²) in [6.07, 6.45) is 12.1. The van der Waals surface area contributed by atoms with Crippen molar-refractivity contribution in [3.8, 4) is 11.4 Å². The molecule has 7 nitrogen and oxygen atoms in total. The Labute approximate surface area is 184 Å². The van der Waals surface area contributed by atoms with Gasteiger partial charge in [-0.05, 0) is 49.4 Å². The summed E-state index contributed by atoms with van der Waals surface area (Å²) in [6, 6.07) is 5.84. The zero-order chi connectivity index (χ0) is 20.6. The van der Waals surface area contributed by atoms with Gasteiger partial charge in [-0.15, -0.1) is 11.3 Å². The van der Waals surface area contributed by atoms with Crippen LogP contribution in [0.5, 0.6) is 0 Å². The maximum Gasteiger partial charge on any atom is 0.225 e. The third kappa shape index (κ3) is 3.40. The minimum Gasteiger partial charge on any atom is -0.352 e. The smallest absolute Gasteiger partial charge is 0.225 e. The highest BCUT2D eigenvalue weighted by molar-refractivity contribution is 7.19. The van der Waals surface area contributed by atoms with Crippen LogP contribution in [0.15, 0.2) is 43.0 Å². The third-order valence-electron chi connectivity index (χ3n) is 6.13. The largest absolute Gasteiger partial charge is 0.352 e. The molecule has 0 atom stereocenters. The van der Waals surface area contributed by atoms with Crippen molar-refractivity contribution >= 4 is 33.3 Å². The molecule has 5 heterocycles. The number of piperazine rings is 1. The molecule has 4 aromatic rings. The van der Waals surface area contributed by atoms with E-state index >= 15 is 0 Å². The summed E-state index contributed by atoms with van der Waals surface area (Å²) in [5, 5.41) is 1.27. The van der Waals surface area contributed by atoms with Gasteiger partial charge in [0.1, 0.15) is 10.6 Å². The van der Waals surface area contributed by atoms with Gasteiger partial charge >= 0.3 is 0 Å². The molecule has 0 unspecified atom stereocenters. The van der Waals surface area contributed by atoms with E-state index in [4.69, 9.17) is 9.97 Å². The average molecular weight is 430 g/mol. The van der Waals surface area contributed by atoms with Crippen LogP contribution in [-0.2, 0) is 12.8 Å². The van der Waals surface area contributed by atoms with Gasteiger partial charge in [-0.3, -0.25) is 4.98 Å². The standard InChI is InChI=1S/C23H23N7S/c1-2-7-18-17(6-1)19-21(27-20(28-22(19)31-18)16-5-3-8-24-15-16)29-11-13-30(14-12-29)23-25-9-4-10-26-23/h3-5,8-10,15H,1-2,6-7,11-14H2. The van der Waals surface area contributed by atoms with E-state index in [2.05, 4.69) is 24.8 Å². The number of aromatic nitrogens is 5. The minimum atomic E-state index is 0.767. The molecular formula is C23H23N7S. The lowest BCUT2D eigenvalue weighted by Gasteiger charge is -2.35. The molecule has 0 amide bonds. The monoisotopic (exact) mass is 429 g/mol. The van der Waals surface area contributed by atoms with Gasteiger partial charge in [0.05, 0.1) is 5.39 Å². The number of nitrogens with zero attached hydrogens (tertiary/aromatic N) is 7. The Balaban J connectivity index is 1.40. The summed E-state index contributed by atoms with van der Waals surface area (Å²) < 4.78 is 0.